The van der Waals surface area contributed by atoms with Gasteiger partial charge >= 0.3 is 0 Å². The number of aliphatic hydroxyl groups excluding tert-OH is 1. The molecule has 3 heteroatoms. The summed E-state index contributed by atoms with van der Waals surface area (Å²) in [6, 6.07) is 0. The van der Waals surface area contributed by atoms with Gasteiger partial charge in [-0.15, -0.1) is 0 Å². The van der Waals surface area contributed by atoms with Crippen LogP contribution in [0, 0.1) is 13.8 Å². The molecule has 0 aliphatic heterocycles. The van der Waals surface area contributed by atoms with Crippen LogP contribution in [-0.2, 0) is 6.61 Å². The van der Waals surface area contributed by atoms with E-state index in [1.165, 1.54) is 0 Å². The summed E-state index contributed by atoms with van der Waals surface area (Å²) in [7, 11) is -1.63. The average Bonchev–Trinajstić information content (AvgIpc) is 2.40. The fourth-order valence-corrected chi connectivity index (χ4v) is 4.04. The van der Waals surface area contributed by atoms with Crippen molar-refractivity contribution in [2.45, 2.75) is 59.4 Å². The Morgan fingerprint density at radius 2 is 1.69 bits per heavy atom. The predicted octanol–water partition coefficient (Wildman–Crippen LogP) is 3.10. The number of hydrogen-bond acceptors (Lipinski definition) is 2. The van der Waals surface area contributed by atoms with Gasteiger partial charge in [0, 0.05) is 5.56 Å². The maximum Gasteiger partial charge on any atom is 0.132 e. The normalized spacial score (nSPS) is 13.2. The van der Waals surface area contributed by atoms with Crippen LogP contribution in [0.1, 0.15) is 37.7 Å². The zero-order valence-electron chi connectivity index (χ0n) is 11.6. The van der Waals surface area contributed by atoms with E-state index in [4.69, 9.17) is 4.42 Å². The van der Waals surface area contributed by atoms with Crippen LogP contribution < -0.4 is 5.38 Å². The first-order valence-corrected chi connectivity index (χ1v) is 8.83. The first-order chi connectivity index (χ1) is 7.13. The highest BCUT2D eigenvalue weighted by Gasteiger charge is 2.41. The minimum absolute atomic E-state index is 0.0792. The molecule has 0 fully saturated rings. The molecule has 0 amide bonds. The Bertz CT molecular complexity index is 383. The van der Waals surface area contributed by atoms with Crippen molar-refractivity contribution in [3.05, 3.63) is 16.9 Å². The molecule has 0 aliphatic carbocycles. The van der Waals surface area contributed by atoms with E-state index in [0.717, 1.165) is 22.3 Å². The zero-order chi connectivity index (χ0) is 12.7. The van der Waals surface area contributed by atoms with E-state index < -0.39 is 8.07 Å². The molecule has 0 spiro atoms. The van der Waals surface area contributed by atoms with Crippen LogP contribution in [-0.4, -0.2) is 13.2 Å². The largest absolute Gasteiger partial charge is 0.471 e. The standard InChI is InChI=1S/C13H24O2Si/c1-9-11(8-14)10(2)15-12(9)16(6,7)13(3,4)5/h14H,8H2,1-7H3. The molecule has 1 heterocycles. The van der Waals surface area contributed by atoms with Crippen molar-refractivity contribution in [2.75, 3.05) is 0 Å². The first kappa shape index (κ1) is 13.5. The molecule has 0 aliphatic rings. The average molecular weight is 240 g/mol. The molecule has 2 nitrogen and oxygen atoms in total. The van der Waals surface area contributed by atoms with Gasteiger partial charge in [-0.3, -0.25) is 0 Å². The van der Waals surface area contributed by atoms with Crippen LogP contribution in [0.4, 0.5) is 0 Å². The van der Waals surface area contributed by atoms with E-state index in [2.05, 4.69) is 40.8 Å². The highest BCUT2D eigenvalue weighted by molar-refractivity contribution is 6.91. The second-order valence-corrected chi connectivity index (χ2v) is 11.3. The molecular weight excluding hydrogens is 216 g/mol. The lowest BCUT2D eigenvalue weighted by Crippen LogP contribution is -2.49. The Labute approximate surface area is 99.7 Å². The summed E-state index contributed by atoms with van der Waals surface area (Å²) in [6.07, 6.45) is 0. The molecule has 92 valence electrons. The fraction of sp³-hybridized carbons (Fsp3) is 0.692. The van der Waals surface area contributed by atoms with Gasteiger partial charge in [0.25, 0.3) is 0 Å². The minimum Gasteiger partial charge on any atom is -0.471 e. The van der Waals surface area contributed by atoms with E-state index in [0.29, 0.717) is 0 Å². The Morgan fingerprint density at radius 3 is 2.00 bits per heavy atom. The van der Waals surface area contributed by atoms with E-state index in [-0.39, 0.29) is 11.6 Å². The maximum atomic E-state index is 9.34. The summed E-state index contributed by atoms with van der Waals surface area (Å²) in [5.74, 6) is 0.875. The maximum absolute atomic E-state index is 9.34. The fourth-order valence-electron chi connectivity index (χ4n) is 1.86. The molecule has 0 aromatic carbocycles. The second kappa shape index (κ2) is 4.04. The SMILES string of the molecule is Cc1oc([Si](C)(C)C(C)(C)C)c(C)c1CO. The van der Waals surface area contributed by atoms with E-state index in [1.807, 2.05) is 6.92 Å². The van der Waals surface area contributed by atoms with Gasteiger partial charge in [0.1, 0.15) is 13.8 Å². The summed E-state index contributed by atoms with van der Waals surface area (Å²) >= 11 is 0. The van der Waals surface area contributed by atoms with Crippen LogP contribution in [0.5, 0.6) is 0 Å². The highest BCUT2D eigenvalue weighted by Crippen LogP contribution is 2.37. The molecule has 0 atom stereocenters. The molecule has 0 bridgehead atoms. The first-order valence-electron chi connectivity index (χ1n) is 5.83. The molecular formula is C13H24O2Si. The molecule has 1 aromatic heterocycles. The van der Waals surface area contributed by atoms with E-state index in [9.17, 15) is 5.11 Å². The third-order valence-corrected chi connectivity index (χ3v) is 9.44. The predicted molar refractivity (Wildman–Crippen MR) is 70.9 cm³/mol. The van der Waals surface area contributed by atoms with Crippen LogP contribution in [0.2, 0.25) is 18.1 Å². The van der Waals surface area contributed by atoms with Crippen LogP contribution >= 0.6 is 0 Å². The summed E-state index contributed by atoms with van der Waals surface area (Å²) in [5.41, 5.74) is 2.13. The van der Waals surface area contributed by atoms with Crippen molar-refractivity contribution in [2.24, 2.45) is 0 Å². The Kier molecular flexibility index (Phi) is 3.41. The third-order valence-electron chi connectivity index (χ3n) is 4.07. The number of furan rings is 1. The van der Waals surface area contributed by atoms with Crippen molar-refractivity contribution in [1.82, 2.24) is 0 Å². The van der Waals surface area contributed by atoms with Gasteiger partial charge in [-0.1, -0.05) is 33.9 Å². The quantitative estimate of drug-likeness (QED) is 0.806. The number of aliphatic hydroxyl groups is 1. The van der Waals surface area contributed by atoms with E-state index >= 15 is 0 Å². The monoisotopic (exact) mass is 240 g/mol. The second-order valence-electron chi connectivity index (χ2n) is 6.12. The smallest absolute Gasteiger partial charge is 0.132 e. The number of aryl methyl sites for hydroxylation is 1. The van der Waals surface area contributed by atoms with Gasteiger partial charge in [-0.2, -0.15) is 0 Å². The summed E-state index contributed by atoms with van der Waals surface area (Å²) in [4.78, 5) is 0. The van der Waals surface area contributed by atoms with Gasteiger partial charge < -0.3 is 9.52 Å². The van der Waals surface area contributed by atoms with Crippen LogP contribution in [0.25, 0.3) is 0 Å². The van der Waals surface area contributed by atoms with Crippen molar-refractivity contribution in [1.29, 1.82) is 0 Å². The Balaban J connectivity index is 3.35. The van der Waals surface area contributed by atoms with Crippen molar-refractivity contribution in [3.63, 3.8) is 0 Å². The van der Waals surface area contributed by atoms with E-state index in [1.54, 1.807) is 0 Å². The lowest BCUT2D eigenvalue weighted by atomic mass is 10.2. The molecule has 16 heavy (non-hydrogen) atoms. The Hall–Kier alpha value is -0.543. The van der Waals surface area contributed by atoms with Crippen LogP contribution in [0.15, 0.2) is 4.42 Å². The van der Waals surface area contributed by atoms with Crippen molar-refractivity contribution >= 4 is 13.5 Å². The van der Waals surface area contributed by atoms with Crippen molar-refractivity contribution in [3.8, 4) is 0 Å². The minimum atomic E-state index is -1.63. The topological polar surface area (TPSA) is 33.4 Å². The summed E-state index contributed by atoms with van der Waals surface area (Å²) in [6.45, 7) is 15.6. The zero-order valence-corrected chi connectivity index (χ0v) is 12.6. The lowest BCUT2D eigenvalue weighted by Gasteiger charge is -2.35. The van der Waals surface area contributed by atoms with Gasteiger partial charge in [-0.05, 0) is 24.4 Å². The summed E-state index contributed by atoms with van der Waals surface area (Å²) < 4.78 is 5.93. The van der Waals surface area contributed by atoms with Crippen molar-refractivity contribution < 1.29 is 9.52 Å². The molecule has 0 radical (unpaired) electrons. The Morgan fingerprint density at radius 1 is 1.19 bits per heavy atom. The molecule has 1 rings (SSSR count). The summed E-state index contributed by atoms with van der Waals surface area (Å²) in [5, 5.41) is 10.7. The highest BCUT2D eigenvalue weighted by atomic mass is 28.3. The number of hydrogen-bond donors (Lipinski definition) is 1. The molecule has 0 saturated heterocycles. The van der Waals surface area contributed by atoms with Crippen LogP contribution in [0.3, 0.4) is 0 Å². The van der Waals surface area contributed by atoms with Gasteiger partial charge in [-0.25, -0.2) is 0 Å². The number of rotatable bonds is 2. The molecule has 0 saturated carbocycles. The van der Waals surface area contributed by atoms with Gasteiger partial charge in [0.15, 0.2) is 0 Å². The van der Waals surface area contributed by atoms with Gasteiger partial charge in [0.2, 0.25) is 0 Å². The lowest BCUT2D eigenvalue weighted by molar-refractivity contribution is 0.278. The third kappa shape index (κ3) is 1.98. The molecule has 0 unspecified atom stereocenters. The molecule has 1 aromatic rings. The van der Waals surface area contributed by atoms with Gasteiger partial charge in [0.05, 0.1) is 12.0 Å². The molecule has 1 N–H and O–H groups in total.